The lowest BCUT2D eigenvalue weighted by Gasteiger charge is -2.27. The Morgan fingerprint density at radius 2 is 1.94 bits per heavy atom. The molecule has 0 aromatic heterocycles. The smallest absolute Gasteiger partial charge is 0.219 e. The quantitative estimate of drug-likeness (QED) is 0.767. The van der Waals surface area contributed by atoms with Crippen LogP contribution in [-0.4, -0.2) is 44.1 Å². The predicted molar refractivity (Wildman–Crippen MR) is 67.1 cm³/mol. The maximum atomic E-state index is 11.5. The number of carbonyl (C=O) groups is 1. The van der Waals surface area contributed by atoms with E-state index in [4.69, 9.17) is 0 Å². The minimum absolute atomic E-state index is 0.0348. The molecule has 0 aromatic rings. The first-order valence-corrected chi connectivity index (χ1v) is 7.86. The second kappa shape index (κ2) is 6.35. The third-order valence-electron chi connectivity index (χ3n) is 3.22. The second-order valence-corrected chi connectivity index (χ2v) is 6.54. The van der Waals surface area contributed by atoms with Gasteiger partial charge in [-0.3, -0.25) is 4.79 Å². The van der Waals surface area contributed by atoms with Crippen molar-refractivity contribution in [1.29, 1.82) is 0 Å². The van der Waals surface area contributed by atoms with Crippen molar-refractivity contribution < 1.29 is 13.2 Å². The highest BCUT2D eigenvalue weighted by Crippen LogP contribution is 2.23. The van der Waals surface area contributed by atoms with Crippen LogP contribution in [0.3, 0.4) is 0 Å². The van der Waals surface area contributed by atoms with E-state index in [2.05, 4.69) is 4.72 Å². The lowest BCUT2D eigenvalue weighted by molar-refractivity contribution is -0.130. The molecule has 5 nitrogen and oxygen atoms in total. The molecule has 1 aliphatic carbocycles. The first-order chi connectivity index (χ1) is 7.96. The molecular weight excluding hydrogens is 240 g/mol. The fourth-order valence-corrected chi connectivity index (χ4v) is 2.84. The third kappa shape index (κ3) is 4.63. The van der Waals surface area contributed by atoms with Crippen molar-refractivity contribution in [2.24, 2.45) is 0 Å². The highest BCUT2D eigenvalue weighted by atomic mass is 32.2. The van der Waals surface area contributed by atoms with Gasteiger partial charge in [-0.2, -0.15) is 0 Å². The van der Waals surface area contributed by atoms with Gasteiger partial charge in [0.2, 0.25) is 15.9 Å². The van der Waals surface area contributed by atoms with Gasteiger partial charge in [0.05, 0.1) is 5.75 Å². The van der Waals surface area contributed by atoms with E-state index in [-0.39, 0.29) is 11.7 Å². The SMILES string of the molecule is CCS(=O)(=O)NCCN(C(C)=O)C1CCCC1. The summed E-state index contributed by atoms with van der Waals surface area (Å²) in [5, 5.41) is 0. The average molecular weight is 262 g/mol. The average Bonchev–Trinajstić information content (AvgIpc) is 2.77. The normalized spacial score (nSPS) is 17.3. The molecule has 0 atom stereocenters. The molecule has 1 amide bonds. The van der Waals surface area contributed by atoms with Crippen LogP contribution in [0.25, 0.3) is 0 Å². The summed E-state index contributed by atoms with van der Waals surface area (Å²) >= 11 is 0. The summed E-state index contributed by atoms with van der Waals surface area (Å²) in [7, 11) is -3.15. The van der Waals surface area contributed by atoms with Crippen molar-refractivity contribution in [3.05, 3.63) is 0 Å². The first-order valence-electron chi connectivity index (χ1n) is 6.21. The number of hydrogen-bond donors (Lipinski definition) is 1. The largest absolute Gasteiger partial charge is 0.339 e. The van der Waals surface area contributed by atoms with Gasteiger partial charge in [-0.05, 0) is 19.8 Å². The van der Waals surface area contributed by atoms with E-state index in [0.29, 0.717) is 19.1 Å². The molecule has 0 unspecified atom stereocenters. The Kier molecular flexibility index (Phi) is 5.39. The Labute approximate surface area is 104 Å². The molecule has 0 bridgehead atoms. The van der Waals surface area contributed by atoms with Gasteiger partial charge in [0.15, 0.2) is 0 Å². The summed E-state index contributed by atoms with van der Waals surface area (Å²) in [4.78, 5) is 13.3. The predicted octanol–water partition coefficient (Wildman–Crippen LogP) is 0.717. The van der Waals surface area contributed by atoms with E-state index in [1.165, 1.54) is 0 Å². The van der Waals surface area contributed by atoms with Gasteiger partial charge in [0, 0.05) is 26.1 Å². The van der Waals surface area contributed by atoms with Crippen LogP contribution in [0.5, 0.6) is 0 Å². The second-order valence-electron chi connectivity index (χ2n) is 4.45. The maximum absolute atomic E-state index is 11.5. The van der Waals surface area contributed by atoms with Crippen molar-refractivity contribution in [3.8, 4) is 0 Å². The van der Waals surface area contributed by atoms with Crippen molar-refractivity contribution in [1.82, 2.24) is 9.62 Å². The zero-order valence-corrected chi connectivity index (χ0v) is 11.4. The number of hydrogen-bond acceptors (Lipinski definition) is 3. The Balaban J connectivity index is 2.42. The van der Waals surface area contributed by atoms with Gasteiger partial charge in [0.1, 0.15) is 0 Å². The summed E-state index contributed by atoms with van der Waals surface area (Å²) in [6, 6.07) is 0.304. The molecule has 0 aromatic carbocycles. The summed E-state index contributed by atoms with van der Waals surface area (Å²) in [6.07, 6.45) is 4.41. The first kappa shape index (κ1) is 14.4. The lowest BCUT2D eigenvalue weighted by Crippen LogP contribution is -2.42. The number of sulfonamides is 1. The molecule has 1 aliphatic rings. The van der Waals surface area contributed by atoms with E-state index in [9.17, 15) is 13.2 Å². The Hall–Kier alpha value is -0.620. The lowest BCUT2D eigenvalue weighted by atomic mass is 10.2. The molecular formula is C11H22N2O3S. The van der Waals surface area contributed by atoms with E-state index in [1.807, 2.05) is 0 Å². The van der Waals surface area contributed by atoms with Gasteiger partial charge in [-0.25, -0.2) is 13.1 Å². The van der Waals surface area contributed by atoms with Crippen molar-refractivity contribution in [3.63, 3.8) is 0 Å². The molecule has 0 aliphatic heterocycles. The van der Waals surface area contributed by atoms with Crippen LogP contribution in [0.1, 0.15) is 39.5 Å². The Morgan fingerprint density at radius 3 is 2.41 bits per heavy atom. The molecule has 6 heteroatoms. The number of amides is 1. The van der Waals surface area contributed by atoms with Crippen LogP contribution in [0.2, 0.25) is 0 Å². The standard InChI is InChI=1S/C11H22N2O3S/c1-3-17(15,16)12-8-9-13(10(2)14)11-6-4-5-7-11/h11-12H,3-9H2,1-2H3. The molecule has 0 heterocycles. The van der Waals surface area contributed by atoms with E-state index < -0.39 is 10.0 Å². The van der Waals surface area contributed by atoms with Crippen LogP contribution in [-0.2, 0) is 14.8 Å². The van der Waals surface area contributed by atoms with Gasteiger partial charge in [-0.15, -0.1) is 0 Å². The summed E-state index contributed by atoms with van der Waals surface area (Å²) in [5.74, 6) is 0.115. The molecule has 1 N–H and O–H groups in total. The van der Waals surface area contributed by atoms with Crippen LogP contribution in [0.4, 0.5) is 0 Å². The molecule has 100 valence electrons. The Morgan fingerprint density at radius 1 is 1.35 bits per heavy atom. The number of nitrogens with one attached hydrogen (secondary N) is 1. The fraction of sp³-hybridized carbons (Fsp3) is 0.909. The third-order valence-corrected chi connectivity index (χ3v) is 4.63. The molecule has 17 heavy (non-hydrogen) atoms. The number of nitrogens with zero attached hydrogens (tertiary/aromatic N) is 1. The van der Waals surface area contributed by atoms with Gasteiger partial charge in [0.25, 0.3) is 0 Å². The molecule has 1 saturated carbocycles. The molecule has 0 saturated heterocycles. The molecule has 0 radical (unpaired) electrons. The van der Waals surface area contributed by atoms with Gasteiger partial charge < -0.3 is 4.90 Å². The number of carbonyl (C=O) groups excluding carboxylic acids is 1. The van der Waals surface area contributed by atoms with E-state index in [0.717, 1.165) is 25.7 Å². The minimum Gasteiger partial charge on any atom is -0.339 e. The van der Waals surface area contributed by atoms with Crippen molar-refractivity contribution in [2.45, 2.75) is 45.6 Å². The van der Waals surface area contributed by atoms with Crippen LogP contribution in [0.15, 0.2) is 0 Å². The fourth-order valence-electron chi connectivity index (χ4n) is 2.24. The van der Waals surface area contributed by atoms with Crippen LogP contribution < -0.4 is 4.72 Å². The van der Waals surface area contributed by atoms with Gasteiger partial charge >= 0.3 is 0 Å². The van der Waals surface area contributed by atoms with E-state index in [1.54, 1.807) is 18.7 Å². The maximum Gasteiger partial charge on any atom is 0.219 e. The van der Waals surface area contributed by atoms with Crippen molar-refractivity contribution >= 4 is 15.9 Å². The summed E-state index contributed by atoms with van der Waals surface area (Å²) in [5.41, 5.74) is 0. The monoisotopic (exact) mass is 262 g/mol. The van der Waals surface area contributed by atoms with Crippen molar-refractivity contribution in [2.75, 3.05) is 18.8 Å². The van der Waals surface area contributed by atoms with Crippen LogP contribution in [0, 0.1) is 0 Å². The molecule has 1 fully saturated rings. The summed E-state index contributed by atoms with van der Waals surface area (Å²) in [6.45, 7) is 3.93. The highest BCUT2D eigenvalue weighted by molar-refractivity contribution is 7.89. The zero-order valence-electron chi connectivity index (χ0n) is 10.6. The molecule has 0 spiro atoms. The van der Waals surface area contributed by atoms with Crippen LogP contribution >= 0.6 is 0 Å². The zero-order chi connectivity index (χ0) is 12.9. The van der Waals surface area contributed by atoms with E-state index >= 15 is 0 Å². The summed E-state index contributed by atoms with van der Waals surface area (Å²) < 4.78 is 25.0. The van der Waals surface area contributed by atoms with Gasteiger partial charge in [-0.1, -0.05) is 12.8 Å². The minimum atomic E-state index is -3.15. The number of rotatable bonds is 6. The Bertz CT molecular complexity index is 348. The molecule has 1 rings (SSSR count). The highest BCUT2D eigenvalue weighted by Gasteiger charge is 2.24. The topological polar surface area (TPSA) is 66.5 Å².